The highest BCUT2D eigenvalue weighted by Crippen LogP contribution is 2.22. The van der Waals surface area contributed by atoms with E-state index in [1.807, 2.05) is 0 Å². The summed E-state index contributed by atoms with van der Waals surface area (Å²) in [6, 6.07) is 8.50. The van der Waals surface area contributed by atoms with Gasteiger partial charge in [0.1, 0.15) is 17.7 Å². The van der Waals surface area contributed by atoms with Crippen molar-refractivity contribution in [3.8, 4) is 11.4 Å². The van der Waals surface area contributed by atoms with Crippen LogP contribution in [0.25, 0.3) is 22.6 Å². The van der Waals surface area contributed by atoms with Crippen LogP contribution in [0, 0.1) is 0 Å². The standard InChI is InChI=1S/C15H16N6/c1-3-12(21-7-5-16-6-8-21)4-2-11(1)14-19-13-9-17-10-18-15(13)20-14/h1-4,9-10,16H,5-8H2,(H,17,18,19,20). The van der Waals surface area contributed by atoms with Gasteiger partial charge >= 0.3 is 0 Å². The number of imidazole rings is 1. The lowest BCUT2D eigenvalue weighted by atomic mass is 10.1. The molecule has 3 aromatic rings. The Morgan fingerprint density at radius 1 is 1.05 bits per heavy atom. The number of nitrogens with one attached hydrogen (secondary N) is 2. The highest BCUT2D eigenvalue weighted by molar-refractivity contribution is 5.75. The Balaban J connectivity index is 1.63. The molecule has 6 nitrogen and oxygen atoms in total. The molecule has 0 amide bonds. The Hall–Kier alpha value is -2.47. The number of piperazine rings is 1. The van der Waals surface area contributed by atoms with E-state index in [-0.39, 0.29) is 0 Å². The number of rotatable bonds is 2. The van der Waals surface area contributed by atoms with Gasteiger partial charge in [0.2, 0.25) is 0 Å². The normalized spacial score (nSPS) is 15.5. The summed E-state index contributed by atoms with van der Waals surface area (Å²) in [5, 5.41) is 3.37. The predicted octanol–water partition coefficient (Wildman–Crippen LogP) is 1.43. The topological polar surface area (TPSA) is 69.7 Å². The van der Waals surface area contributed by atoms with Crippen molar-refractivity contribution < 1.29 is 0 Å². The van der Waals surface area contributed by atoms with E-state index in [1.165, 1.54) is 12.0 Å². The van der Waals surface area contributed by atoms with Crippen molar-refractivity contribution in [2.45, 2.75) is 0 Å². The van der Waals surface area contributed by atoms with Crippen LogP contribution >= 0.6 is 0 Å². The molecule has 0 aliphatic carbocycles. The molecular formula is C15H16N6. The molecule has 6 heteroatoms. The number of nitrogens with zero attached hydrogens (tertiary/aromatic N) is 4. The maximum absolute atomic E-state index is 4.49. The molecule has 1 aliphatic heterocycles. The van der Waals surface area contributed by atoms with Crippen LogP contribution in [0.1, 0.15) is 0 Å². The van der Waals surface area contributed by atoms with Crippen LogP contribution in [0.2, 0.25) is 0 Å². The molecule has 106 valence electrons. The summed E-state index contributed by atoms with van der Waals surface area (Å²) in [7, 11) is 0. The molecule has 2 N–H and O–H groups in total. The fraction of sp³-hybridized carbons (Fsp3) is 0.267. The molecule has 3 heterocycles. The summed E-state index contributed by atoms with van der Waals surface area (Å²) in [5.74, 6) is 0.831. The highest BCUT2D eigenvalue weighted by atomic mass is 15.2. The predicted molar refractivity (Wildman–Crippen MR) is 82.2 cm³/mol. The molecule has 0 bridgehead atoms. The quantitative estimate of drug-likeness (QED) is 0.743. The van der Waals surface area contributed by atoms with Gasteiger partial charge in [-0.3, -0.25) is 0 Å². The summed E-state index contributed by atoms with van der Waals surface area (Å²) >= 11 is 0. The van der Waals surface area contributed by atoms with E-state index in [0.717, 1.165) is 43.1 Å². The van der Waals surface area contributed by atoms with E-state index in [4.69, 9.17) is 0 Å². The molecule has 1 fully saturated rings. The van der Waals surface area contributed by atoms with Gasteiger partial charge in [0.05, 0.1) is 6.20 Å². The Bertz CT molecular complexity index is 709. The first-order valence-electron chi connectivity index (χ1n) is 7.12. The zero-order valence-corrected chi connectivity index (χ0v) is 11.6. The Labute approximate surface area is 122 Å². The number of aromatic nitrogens is 4. The van der Waals surface area contributed by atoms with E-state index >= 15 is 0 Å². The molecule has 0 saturated carbocycles. The van der Waals surface area contributed by atoms with Crippen molar-refractivity contribution in [2.24, 2.45) is 0 Å². The van der Waals surface area contributed by atoms with Crippen molar-refractivity contribution in [1.82, 2.24) is 25.3 Å². The van der Waals surface area contributed by atoms with E-state index in [0.29, 0.717) is 5.65 Å². The van der Waals surface area contributed by atoms with Crippen LogP contribution in [0.5, 0.6) is 0 Å². The second-order valence-electron chi connectivity index (χ2n) is 5.13. The minimum Gasteiger partial charge on any atom is -0.369 e. The molecule has 0 atom stereocenters. The van der Waals surface area contributed by atoms with Crippen LogP contribution in [0.3, 0.4) is 0 Å². The second-order valence-corrected chi connectivity index (χ2v) is 5.13. The van der Waals surface area contributed by atoms with Gasteiger partial charge < -0.3 is 15.2 Å². The molecule has 1 aliphatic rings. The summed E-state index contributed by atoms with van der Waals surface area (Å²) in [5.41, 5.74) is 3.88. The first-order valence-corrected chi connectivity index (χ1v) is 7.12. The van der Waals surface area contributed by atoms with Gasteiger partial charge in [-0.1, -0.05) is 0 Å². The van der Waals surface area contributed by atoms with Gasteiger partial charge in [-0.05, 0) is 24.3 Å². The van der Waals surface area contributed by atoms with Crippen molar-refractivity contribution in [3.63, 3.8) is 0 Å². The van der Waals surface area contributed by atoms with Crippen LogP contribution in [-0.2, 0) is 0 Å². The third kappa shape index (κ3) is 2.34. The van der Waals surface area contributed by atoms with E-state index in [1.54, 1.807) is 6.20 Å². The highest BCUT2D eigenvalue weighted by Gasteiger charge is 2.11. The molecule has 21 heavy (non-hydrogen) atoms. The first-order chi connectivity index (χ1) is 10.4. The third-order valence-electron chi connectivity index (χ3n) is 3.78. The third-order valence-corrected chi connectivity index (χ3v) is 3.78. The zero-order chi connectivity index (χ0) is 14.1. The molecule has 1 saturated heterocycles. The van der Waals surface area contributed by atoms with Crippen LogP contribution in [0.4, 0.5) is 5.69 Å². The van der Waals surface area contributed by atoms with Gasteiger partial charge in [0, 0.05) is 37.4 Å². The number of hydrogen-bond donors (Lipinski definition) is 2. The molecule has 4 rings (SSSR count). The lowest BCUT2D eigenvalue weighted by Gasteiger charge is -2.29. The SMILES string of the molecule is c1ncc2[nH]c(-c3ccc(N4CCNCC4)cc3)nc2n1. The van der Waals surface area contributed by atoms with Crippen molar-refractivity contribution in [1.29, 1.82) is 0 Å². The average molecular weight is 280 g/mol. The molecule has 0 radical (unpaired) electrons. The zero-order valence-electron chi connectivity index (χ0n) is 11.6. The molecule has 0 unspecified atom stereocenters. The number of benzene rings is 1. The second kappa shape index (κ2) is 5.14. The monoisotopic (exact) mass is 280 g/mol. The van der Waals surface area contributed by atoms with E-state index in [2.05, 4.69) is 54.4 Å². The van der Waals surface area contributed by atoms with E-state index < -0.39 is 0 Å². The molecule has 1 aromatic carbocycles. The minimum absolute atomic E-state index is 0.700. The van der Waals surface area contributed by atoms with E-state index in [9.17, 15) is 0 Å². The van der Waals surface area contributed by atoms with Crippen molar-refractivity contribution in [3.05, 3.63) is 36.8 Å². The van der Waals surface area contributed by atoms with Crippen LogP contribution in [0.15, 0.2) is 36.8 Å². The molecule has 0 spiro atoms. The average Bonchev–Trinajstić information content (AvgIpc) is 3.00. The first kappa shape index (κ1) is 12.3. The van der Waals surface area contributed by atoms with Gasteiger partial charge in [-0.2, -0.15) is 0 Å². The number of aromatic amines is 1. The maximum atomic E-state index is 4.49. The summed E-state index contributed by atoms with van der Waals surface area (Å²) < 4.78 is 0. The smallest absolute Gasteiger partial charge is 0.181 e. The molecule has 2 aromatic heterocycles. The van der Waals surface area contributed by atoms with Gasteiger partial charge in [0.25, 0.3) is 0 Å². The Kier molecular flexibility index (Phi) is 3.01. The van der Waals surface area contributed by atoms with Crippen LogP contribution < -0.4 is 10.2 Å². The summed E-state index contributed by atoms with van der Waals surface area (Å²) in [6.45, 7) is 4.20. The molecular weight excluding hydrogens is 264 g/mol. The lowest BCUT2D eigenvalue weighted by molar-refractivity contribution is 0.589. The number of H-pyrrole nitrogens is 1. The Morgan fingerprint density at radius 2 is 1.86 bits per heavy atom. The minimum atomic E-state index is 0.700. The lowest BCUT2D eigenvalue weighted by Crippen LogP contribution is -2.43. The fourth-order valence-electron chi connectivity index (χ4n) is 2.65. The van der Waals surface area contributed by atoms with Crippen molar-refractivity contribution >= 4 is 16.9 Å². The summed E-state index contributed by atoms with van der Waals surface area (Å²) in [6.07, 6.45) is 3.26. The van der Waals surface area contributed by atoms with Gasteiger partial charge in [-0.15, -0.1) is 0 Å². The maximum Gasteiger partial charge on any atom is 0.181 e. The largest absolute Gasteiger partial charge is 0.369 e. The summed E-state index contributed by atoms with van der Waals surface area (Å²) in [4.78, 5) is 18.3. The number of anilines is 1. The fourth-order valence-corrected chi connectivity index (χ4v) is 2.65. The Morgan fingerprint density at radius 3 is 2.62 bits per heavy atom. The van der Waals surface area contributed by atoms with Crippen LogP contribution in [-0.4, -0.2) is 46.1 Å². The van der Waals surface area contributed by atoms with Gasteiger partial charge in [0.15, 0.2) is 5.65 Å². The van der Waals surface area contributed by atoms with Crippen molar-refractivity contribution in [2.75, 3.05) is 31.1 Å². The number of fused-ring (bicyclic) bond motifs is 1. The number of hydrogen-bond acceptors (Lipinski definition) is 5. The van der Waals surface area contributed by atoms with Gasteiger partial charge in [-0.25, -0.2) is 15.0 Å².